The third-order valence-electron chi connectivity index (χ3n) is 11.2. The van der Waals surface area contributed by atoms with Crippen LogP contribution in [0, 0.1) is 0 Å². The average molecular weight is 679 g/mol. The predicted octanol–water partition coefficient (Wildman–Crippen LogP) is 13.9. The van der Waals surface area contributed by atoms with Crippen molar-refractivity contribution in [3.05, 3.63) is 205 Å². The van der Waals surface area contributed by atoms with Crippen LogP contribution >= 0.6 is 0 Å². The molecule has 1 aromatic heterocycles. The first-order valence-corrected chi connectivity index (χ1v) is 18.4. The molecule has 2 heteroatoms. The van der Waals surface area contributed by atoms with Crippen molar-refractivity contribution >= 4 is 38.9 Å². The monoisotopic (exact) mass is 678 g/mol. The van der Waals surface area contributed by atoms with Gasteiger partial charge >= 0.3 is 0 Å². The maximum absolute atomic E-state index is 2.42. The number of para-hydroxylation sites is 2. The summed E-state index contributed by atoms with van der Waals surface area (Å²) in [6.45, 7) is 4.69. The van der Waals surface area contributed by atoms with Crippen molar-refractivity contribution in [1.29, 1.82) is 0 Å². The Morgan fingerprint density at radius 3 is 1.77 bits per heavy atom. The Kier molecular flexibility index (Phi) is 7.19. The van der Waals surface area contributed by atoms with E-state index in [9.17, 15) is 0 Å². The minimum Gasteiger partial charge on any atom is -0.310 e. The largest absolute Gasteiger partial charge is 0.310 e. The van der Waals surface area contributed by atoms with Gasteiger partial charge in [0.25, 0.3) is 0 Å². The number of benzene rings is 8. The van der Waals surface area contributed by atoms with Gasteiger partial charge in [-0.3, -0.25) is 0 Å². The quantitative estimate of drug-likeness (QED) is 0.170. The Balaban J connectivity index is 1.06. The molecule has 53 heavy (non-hydrogen) atoms. The van der Waals surface area contributed by atoms with Crippen LogP contribution in [0.15, 0.2) is 194 Å². The fourth-order valence-electron chi connectivity index (χ4n) is 8.59. The maximum atomic E-state index is 2.42. The van der Waals surface area contributed by atoms with Gasteiger partial charge in [-0.1, -0.05) is 147 Å². The second-order valence-corrected chi connectivity index (χ2v) is 14.6. The van der Waals surface area contributed by atoms with Crippen LogP contribution in [0.4, 0.5) is 17.1 Å². The highest BCUT2D eigenvalue weighted by Gasteiger charge is 2.37. The topological polar surface area (TPSA) is 8.17 Å². The van der Waals surface area contributed by atoms with Crippen molar-refractivity contribution in [2.75, 3.05) is 4.90 Å². The van der Waals surface area contributed by atoms with Gasteiger partial charge in [-0.15, -0.1) is 0 Å². The molecule has 0 saturated heterocycles. The number of fused-ring (bicyclic) bond motifs is 6. The zero-order valence-corrected chi connectivity index (χ0v) is 29.9. The number of hydrogen-bond acceptors (Lipinski definition) is 1. The molecule has 0 aliphatic heterocycles. The molecule has 2 nitrogen and oxygen atoms in total. The van der Waals surface area contributed by atoms with E-state index in [-0.39, 0.29) is 5.41 Å². The van der Waals surface area contributed by atoms with Crippen molar-refractivity contribution in [1.82, 2.24) is 4.57 Å². The first-order valence-electron chi connectivity index (χ1n) is 18.4. The van der Waals surface area contributed by atoms with Crippen LogP contribution in [0.3, 0.4) is 0 Å². The first kappa shape index (κ1) is 31.1. The third-order valence-corrected chi connectivity index (χ3v) is 11.2. The molecule has 1 aliphatic rings. The fourth-order valence-corrected chi connectivity index (χ4v) is 8.59. The van der Waals surface area contributed by atoms with Crippen molar-refractivity contribution in [3.63, 3.8) is 0 Å². The zero-order valence-electron chi connectivity index (χ0n) is 29.9. The Bertz CT molecular complexity index is 2770. The average Bonchev–Trinajstić information content (AvgIpc) is 3.67. The molecular formula is C51H38N2. The lowest BCUT2D eigenvalue weighted by molar-refractivity contribution is 0.660. The summed E-state index contributed by atoms with van der Waals surface area (Å²) in [5, 5.41) is 2.51. The summed E-state index contributed by atoms with van der Waals surface area (Å²) < 4.78 is 2.39. The molecule has 0 amide bonds. The minimum atomic E-state index is -0.0679. The molecule has 0 saturated carbocycles. The van der Waals surface area contributed by atoms with Crippen LogP contribution in [0.25, 0.3) is 60.9 Å². The van der Waals surface area contributed by atoms with Gasteiger partial charge in [-0.25, -0.2) is 0 Å². The molecule has 0 radical (unpaired) electrons. The lowest BCUT2D eigenvalue weighted by Crippen LogP contribution is -2.16. The number of hydrogen-bond donors (Lipinski definition) is 0. The summed E-state index contributed by atoms with van der Waals surface area (Å²) in [7, 11) is 0. The number of anilines is 3. The van der Waals surface area contributed by atoms with Crippen LogP contribution in [0.5, 0.6) is 0 Å². The van der Waals surface area contributed by atoms with Crippen molar-refractivity contribution in [2.24, 2.45) is 0 Å². The summed E-state index contributed by atoms with van der Waals surface area (Å²) in [5.74, 6) is 0. The lowest BCUT2D eigenvalue weighted by Gasteiger charge is -2.29. The van der Waals surface area contributed by atoms with Gasteiger partial charge in [-0.05, 0) is 99.6 Å². The van der Waals surface area contributed by atoms with Gasteiger partial charge < -0.3 is 9.47 Å². The summed E-state index contributed by atoms with van der Waals surface area (Å²) in [6.07, 6.45) is 0. The second kappa shape index (κ2) is 12.3. The molecule has 8 aromatic carbocycles. The van der Waals surface area contributed by atoms with E-state index in [0.717, 1.165) is 17.1 Å². The molecule has 0 atom stereocenters. The highest BCUT2D eigenvalue weighted by atomic mass is 15.1. The molecule has 0 unspecified atom stereocenters. The van der Waals surface area contributed by atoms with Gasteiger partial charge in [0.15, 0.2) is 0 Å². The van der Waals surface area contributed by atoms with Crippen LogP contribution in [0.2, 0.25) is 0 Å². The van der Waals surface area contributed by atoms with Crippen LogP contribution in [-0.2, 0) is 5.41 Å². The summed E-state index contributed by atoms with van der Waals surface area (Å²) >= 11 is 0. The van der Waals surface area contributed by atoms with E-state index in [2.05, 4.69) is 217 Å². The van der Waals surface area contributed by atoms with Crippen molar-refractivity contribution in [2.45, 2.75) is 19.3 Å². The van der Waals surface area contributed by atoms with Gasteiger partial charge in [0.2, 0.25) is 0 Å². The molecule has 0 bridgehead atoms. The highest BCUT2D eigenvalue weighted by molar-refractivity contribution is 6.10. The SMILES string of the molecule is CC1(C)c2ccccc2-c2c(N(c3ccccc3)c3ccc(-c4ccc5c(c4)c4ccccc4n5-c4ccc(-c5ccccc5)cc4)cc3)cccc21. The van der Waals surface area contributed by atoms with E-state index in [1.165, 1.54) is 72.0 Å². The number of aromatic nitrogens is 1. The molecule has 0 fully saturated rings. The van der Waals surface area contributed by atoms with E-state index in [0.29, 0.717) is 0 Å². The van der Waals surface area contributed by atoms with E-state index in [4.69, 9.17) is 0 Å². The Labute approximate surface area is 310 Å². The van der Waals surface area contributed by atoms with Gasteiger partial charge in [0.1, 0.15) is 0 Å². The highest BCUT2D eigenvalue weighted by Crippen LogP contribution is 2.54. The summed E-state index contributed by atoms with van der Waals surface area (Å²) in [4.78, 5) is 2.42. The summed E-state index contributed by atoms with van der Waals surface area (Å²) in [5.41, 5.74) is 17.2. The minimum absolute atomic E-state index is 0.0679. The molecule has 0 N–H and O–H groups in total. The van der Waals surface area contributed by atoms with Crippen LogP contribution in [0.1, 0.15) is 25.0 Å². The first-order chi connectivity index (χ1) is 26.1. The molecular weight excluding hydrogens is 641 g/mol. The Morgan fingerprint density at radius 2 is 0.981 bits per heavy atom. The lowest BCUT2D eigenvalue weighted by atomic mass is 9.82. The van der Waals surface area contributed by atoms with Gasteiger partial charge in [-0.2, -0.15) is 0 Å². The predicted molar refractivity (Wildman–Crippen MR) is 224 cm³/mol. The van der Waals surface area contributed by atoms with Crippen LogP contribution in [-0.4, -0.2) is 4.57 Å². The zero-order chi connectivity index (χ0) is 35.5. The Hall–Kier alpha value is -6.64. The number of rotatable bonds is 6. The molecule has 252 valence electrons. The third kappa shape index (κ3) is 5.02. The fraction of sp³-hybridized carbons (Fsp3) is 0.0588. The normalized spacial score (nSPS) is 12.9. The van der Waals surface area contributed by atoms with E-state index in [1.54, 1.807) is 0 Å². The molecule has 9 aromatic rings. The number of nitrogens with zero attached hydrogens (tertiary/aromatic N) is 2. The van der Waals surface area contributed by atoms with E-state index in [1.807, 2.05) is 0 Å². The van der Waals surface area contributed by atoms with Crippen molar-refractivity contribution in [3.8, 4) is 39.1 Å². The van der Waals surface area contributed by atoms with Gasteiger partial charge in [0.05, 0.1) is 16.7 Å². The van der Waals surface area contributed by atoms with E-state index < -0.39 is 0 Å². The summed E-state index contributed by atoms with van der Waals surface area (Å²) in [6, 6.07) is 70.7. The second-order valence-electron chi connectivity index (χ2n) is 14.6. The van der Waals surface area contributed by atoms with E-state index >= 15 is 0 Å². The molecule has 10 rings (SSSR count). The maximum Gasteiger partial charge on any atom is 0.0543 e. The van der Waals surface area contributed by atoms with Crippen LogP contribution < -0.4 is 4.90 Å². The van der Waals surface area contributed by atoms with Crippen molar-refractivity contribution < 1.29 is 0 Å². The molecule has 1 heterocycles. The molecule has 0 spiro atoms. The standard InChI is InChI=1S/C51H38N2/c1-51(2)45-20-11-9-19-43(45)50-46(51)21-13-23-49(50)52(39-16-7-4-8-17-39)40-29-26-37(27-30-40)38-28-33-48-44(34-38)42-18-10-12-22-47(42)53(48)41-31-24-36(25-32-41)35-14-5-3-6-15-35/h3-34H,1-2H3. The smallest absolute Gasteiger partial charge is 0.0543 e. The van der Waals surface area contributed by atoms with Gasteiger partial charge in [0, 0.05) is 38.8 Å². The Morgan fingerprint density at radius 1 is 0.415 bits per heavy atom. The molecule has 1 aliphatic carbocycles.